The molecule has 0 atom stereocenters. The molecule has 1 saturated heterocycles. The fourth-order valence-corrected chi connectivity index (χ4v) is 4.29. The van der Waals surface area contributed by atoms with E-state index in [9.17, 15) is 0 Å². The molecule has 118 valence electrons. The van der Waals surface area contributed by atoms with Crippen LogP contribution in [0.2, 0.25) is 0 Å². The number of anilines is 1. The second-order valence-corrected chi connectivity index (χ2v) is 7.70. The maximum atomic E-state index is 4.63. The van der Waals surface area contributed by atoms with Gasteiger partial charge in [-0.2, -0.15) is 0 Å². The second kappa shape index (κ2) is 7.07. The Balaban J connectivity index is 1.49. The third-order valence-electron chi connectivity index (χ3n) is 4.65. The summed E-state index contributed by atoms with van der Waals surface area (Å²) in [6.45, 7) is 10.0. The van der Waals surface area contributed by atoms with Crippen molar-refractivity contribution in [1.29, 1.82) is 0 Å². The van der Waals surface area contributed by atoms with Crippen molar-refractivity contribution < 1.29 is 0 Å². The van der Waals surface area contributed by atoms with E-state index in [1.807, 2.05) is 17.5 Å². The Morgan fingerprint density at radius 1 is 1.24 bits per heavy atom. The molecule has 0 radical (unpaired) electrons. The van der Waals surface area contributed by atoms with Crippen molar-refractivity contribution in [2.45, 2.75) is 58.2 Å². The Labute approximate surface area is 132 Å². The van der Waals surface area contributed by atoms with E-state index in [1.54, 1.807) is 0 Å². The standard InChI is InChI=1S/C16H28N4S/c1-13(2)17-11-15-12-18-16(21-15)20-9-7-19(8-10-20)14-5-3-4-6-14/h12-14,17H,3-11H2,1-2H3. The van der Waals surface area contributed by atoms with Crippen LogP contribution in [0.25, 0.3) is 0 Å². The zero-order valence-corrected chi connectivity index (χ0v) is 14.2. The van der Waals surface area contributed by atoms with Crippen molar-refractivity contribution in [3.63, 3.8) is 0 Å². The first-order chi connectivity index (χ1) is 10.2. The van der Waals surface area contributed by atoms with Gasteiger partial charge in [0.2, 0.25) is 0 Å². The molecule has 1 aromatic rings. The second-order valence-electron chi connectivity index (χ2n) is 6.61. The number of thiazole rings is 1. The van der Waals surface area contributed by atoms with E-state index in [0.717, 1.165) is 25.7 Å². The van der Waals surface area contributed by atoms with E-state index in [-0.39, 0.29) is 0 Å². The van der Waals surface area contributed by atoms with Crippen LogP contribution in [-0.4, -0.2) is 48.1 Å². The van der Waals surface area contributed by atoms with E-state index >= 15 is 0 Å². The Morgan fingerprint density at radius 2 is 1.95 bits per heavy atom. The minimum absolute atomic E-state index is 0.533. The largest absolute Gasteiger partial charge is 0.346 e. The minimum Gasteiger partial charge on any atom is -0.346 e. The lowest BCUT2D eigenvalue weighted by atomic mass is 10.2. The van der Waals surface area contributed by atoms with Crippen LogP contribution < -0.4 is 10.2 Å². The molecule has 0 aromatic carbocycles. The van der Waals surface area contributed by atoms with Gasteiger partial charge in [-0.25, -0.2) is 4.98 Å². The highest BCUT2D eigenvalue weighted by Gasteiger charge is 2.26. The molecule has 0 bridgehead atoms. The molecule has 1 aromatic heterocycles. The van der Waals surface area contributed by atoms with Crippen molar-refractivity contribution in [2.24, 2.45) is 0 Å². The smallest absolute Gasteiger partial charge is 0.185 e. The molecule has 0 unspecified atom stereocenters. The van der Waals surface area contributed by atoms with Gasteiger partial charge in [-0.15, -0.1) is 11.3 Å². The summed E-state index contributed by atoms with van der Waals surface area (Å²) in [5.74, 6) is 0. The summed E-state index contributed by atoms with van der Waals surface area (Å²) in [6.07, 6.45) is 7.75. The highest BCUT2D eigenvalue weighted by Crippen LogP contribution is 2.27. The number of hydrogen-bond acceptors (Lipinski definition) is 5. The first-order valence-electron chi connectivity index (χ1n) is 8.39. The van der Waals surface area contributed by atoms with Crippen LogP contribution in [0, 0.1) is 0 Å². The monoisotopic (exact) mass is 308 g/mol. The number of nitrogens with one attached hydrogen (secondary N) is 1. The summed E-state index contributed by atoms with van der Waals surface area (Å²) in [7, 11) is 0. The molecule has 0 spiro atoms. The maximum absolute atomic E-state index is 4.63. The van der Waals surface area contributed by atoms with Gasteiger partial charge in [0.15, 0.2) is 5.13 Å². The van der Waals surface area contributed by atoms with Gasteiger partial charge in [0.05, 0.1) is 0 Å². The molecular weight excluding hydrogens is 280 g/mol. The van der Waals surface area contributed by atoms with E-state index in [1.165, 1.54) is 48.8 Å². The lowest BCUT2D eigenvalue weighted by Crippen LogP contribution is -2.49. The Kier molecular flexibility index (Phi) is 5.14. The predicted octanol–water partition coefficient (Wildman–Crippen LogP) is 2.71. The van der Waals surface area contributed by atoms with Gasteiger partial charge in [-0.1, -0.05) is 26.7 Å². The maximum Gasteiger partial charge on any atom is 0.185 e. The lowest BCUT2D eigenvalue weighted by Gasteiger charge is -2.37. The fourth-order valence-electron chi connectivity index (χ4n) is 3.38. The average Bonchev–Trinajstić information content (AvgIpc) is 3.17. The summed E-state index contributed by atoms with van der Waals surface area (Å²) in [5.41, 5.74) is 0. The lowest BCUT2D eigenvalue weighted by molar-refractivity contribution is 0.187. The molecule has 1 aliphatic carbocycles. The molecule has 1 aliphatic heterocycles. The summed E-state index contributed by atoms with van der Waals surface area (Å²) in [4.78, 5) is 11.1. The highest BCUT2D eigenvalue weighted by atomic mass is 32.1. The zero-order chi connectivity index (χ0) is 14.7. The van der Waals surface area contributed by atoms with E-state index in [4.69, 9.17) is 0 Å². The first kappa shape index (κ1) is 15.3. The number of hydrogen-bond donors (Lipinski definition) is 1. The Hall–Kier alpha value is -0.650. The normalized spacial score (nSPS) is 21.6. The van der Waals surface area contributed by atoms with Gasteiger partial charge in [0.25, 0.3) is 0 Å². The van der Waals surface area contributed by atoms with Crippen LogP contribution in [0.1, 0.15) is 44.4 Å². The molecule has 2 fully saturated rings. The molecule has 21 heavy (non-hydrogen) atoms. The molecule has 1 N–H and O–H groups in total. The Bertz CT molecular complexity index is 431. The number of piperazine rings is 1. The van der Waals surface area contributed by atoms with Gasteiger partial charge >= 0.3 is 0 Å². The van der Waals surface area contributed by atoms with Gasteiger partial charge in [0.1, 0.15) is 0 Å². The molecular formula is C16H28N4S. The number of aromatic nitrogens is 1. The van der Waals surface area contributed by atoms with Crippen LogP contribution in [0.15, 0.2) is 6.20 Å². The van der Waals surface area contributed by atoms with E-state index < -0.39 is 0 Å². The van der Waals surface area contributed by atoms with Gasteiger partial charge < -0.3 is 10.2 Å². The van der Waals surface area contributed by atoms with Crippen molar-refractivity contribution in [1.82, 2.24) is 15.2 Å². The topological polar surface area (TPSA) is 31.4 Å². The van der Waals surface area contributed by atoms with Crippen LogP contribution in [0.3, 0.4) is 0 Å². The SMILES string of the molecule is CC(C)NCc1cnc(N2CCN(C3CCCC3)CC2)s1. The fraction of sp³-hybridized carbons (Fsp3) is 0.812. The van der Waals surface area contributed by atoms with Crippen molar-refractivity contribution >= 4 is 16.5 Å². The third-order valence-corrected chi connectivity index (χ3v) is 5.71. The summed E-state index contributed by atoms with van der Waals surface area (Å²) >= 11 is 1.85. The number of nitrogens with zero attached hydrogens (tertiary/aromatic N) is 3. The van der Waals surface area contributed by atoms with E-state index in [2.05, 4.69) is 33.9 Å². The molecule has 3 rings (SSSR count). The van der Waals surface area contributed by atoms with Crippen molar-refractivity contribution in [3.8, 4) is 0 Å². The predicted molar refractivity (Wildman–Crippen MR) is 90.1 cm³/mol. The minimum atomic E-state index is 0.533. The van der Waals surface area contributed by atoms with Crippen LogP contribution >= 0.6 is 11.3 Å². The van der Waals surface area contributed by atoms with Crippen LogP contribution in [0.4, 0.5) is 5.13 Å². The molecule has 5 heteroatoms. The van der Waals surface area contributed by atoms with Crippen molar-refractivity contribution in [2.75, 3.05) is 31.1 Å². The average molecular weight is 308 g/mol. The molecule has 4 nitrogen and oxygen atoms in total. The third kappa shape index (κ3) is 3.96. The van der Waals surface area contributed by atoms with Crippen molar-refractivity contribution in [3.05, 3.63) is 11.1 Å². The van der Waals surface area contributed by atoms with Gasteiger partial charge in [0, 0.05) is 55.9 Å². The summed E-state index contributed by atoms with van der Waals surface area (Å²) in [5, 5.41) is 4.68. The van der Waals surface area contributed by atoms with E-state index in [0.29, 0.717) is 6.04 Å². The number of rotatable bonds is 5. The van der Waals surface area contributed by atoms with Crippen LogP contribution in [0.5, 0.6) is 0 Å². The Morgan fingerprint density at radius 3 is 2.62 bits per heavy atom. The summed E-state index contributed by atoms with van der Waals surface area (Å²) in [6, 6.07) is 1.40. The molecule has 2 aliphatic rings. The highest BCUT2D eigenvalue weighted by molar-refractivity contribution is 7.15. The van der Waals surface area contributed by atoms with Gasteiger partial charge in [-0.3, -0.25) is 4.90 Å². The van der Waals surface area contributed by atoms with Crippen LogP contribution in [-0.2, 0) is 6.54 Å². The zero-order valence-electron chi connectivity index (χ0n) is 13.3. The first-order valence-corrected chi connectivity index (χ1v) is 9.21. The quantitative estimate of drug-likeness (QED) is 0.906. The molecule has 0 amide bonds. The molecule has 2 heterocycles. The molecule has 1 saturated carbocycles. The van der Waals surface area contributed by atoms with Gasteiger partial charge in [-0.05, 0) is 12.8 Å². The summed E-state index contributed by atoms with van der Waals surface area (Å²) < 4.78 is 0.